The summed E-state index contributed by atoms with van der Waals surface area (Å²) in [5, 5.41) is 4.14. The summed E-state index contributed by atoms with van der Waals surface area (Å²) < 4.78 is 7.50. The third-order valence-corrected chi connectivity index (χ3v) is 4.09. The van der Waals surface area contributed by atoms with E-state index in [2.05, 4.69) is 11.4 Å². The molecule has 0 radical (unpaired) electrons. The molecule has 1 saturated heterocycles. The van der Waals surface area contributed by atoms with Gasteiger partial charge in [-0.2, -0.15) is 0 Å². The van der Waals surface area contributed by atoms with Crippen molar-refractivity contribution in [1.82, 2.24) is 9.88 Å². The van der Waals surface area contributed by atoms with E-state index in [-0.39, 0.29) is 12.0 Å². The zero-order valence-corrected chi connectivity index (χ0v) is 12.0. The number of para-hydroxylation sites is 1. The van der Waals surface area contributed by atoms with Gasteiger partial charge in [0.25, 0.3) is 5.91 Å². The third kappa shape index (κ3) is 2.20. The maximum absolute atomic E-state index is 12.4. The summed E-state index contributed by atoms with van der Waals surface area (Å²) in [6, 6.07) is 8.10. The van der Waals surface area contributed by atoms with Gasteiger partial charge in [0.2, 0.25) is 0 Å². The molecule has 1 atom stereocenters. The van der Waals surface area contributed by atoms with Crippen LogP contribution in [-0.2, 0) is 11.8 Å². The second kappa shape index (κ2) is 5.29. The minimum absolute atomic E-state index is 0.0169. The van der Waals surface area contributed by atoms with Crippen LogP contribution in [0.2, 0.25) is 0 Å². The number of fused-ring (bicyclic) bond motifs is 1. The SMILES string of the molecule is Cc1c(C(=O)NCC2CCCO2)n(C)c2ccccc12. The number of nitrogens with one attached hydrogen (secondary N) is 1. The van der Waals surface area contributed by atoms with Crippen molar-refractivity contribution in [2.24, 2.45) is 7.05 Å². The highest BCUT2D eigenvalue weighted by Crippen LogP contribution is 2.24. The van der Waals surface area contributed by atoms with Crippen molar-refractivity contribution >= 4 is 16.8 Å². The molecule has 1 fully saturated rings. The fraction of sp³-hybridized carbons (Fsp3) is 0.438. The van der Waals surface area contributed by atoms with Gasteiger partial charge in [0.1, 0.15) is 5.69 Å². The van der Waals surface area contributed by atoms with Crippen molar-refractivity contribution in [3.8, 4) is 0 Å². The van der Waals surface area contributed by atoms with E-state index in [1.165, 1.54) is 0 Å². The second-order valence-corrected chi connectivity index (χ2v) is 5.39. The highest BCUT2D eigenvalue weighted by atomic mass is 16.5. The minimum atomic E-state index is -0.0169. The summed E-state index contributed by atoms with van der Waals surface area (Å²) in [4.78, 5) is 12.4. The maximum atomic E-state index is 12.4. The number of hydrogen-bond donors (Lipinski definition) is 1. The van der Waals surface area contributed by atoms with E-state index in [4.69, 9.17) is 4.74 Å². The van der Waals surface area contributed by atoms with Crippen LogP contribution in [0.15, 0.2) is 24.3 Å². The average Bonchev–Trinajstić information content (AvgIpc) is 3.05. The Balaban J connectivity index is 1.83. The van der Waals surface area contributed by atoms with E-state index >= 15 is 0 Å². The topological polar surface area (TPSA) is 43.3 Å². The molecule has 2 aromatic rings. The largest absolute Gasteiger partial charge is 0.376 e. The predicted octanol–water partition coefficient (Wildman–Crippen LogP) is 2.40. The molecule has 4 heteroatoms. The maximum Gasteiger partial charge on any atom is 0.268 e. The number of nitrogens with zero attached hydrogens (tertiary/aromatic N) is 1. The lowest BCUT2D eigenvalue weighted by molar-refractivity contribution is 0.0851. The van der Waals surface area contributed by atoms with Gasteiger partial charge in [-0.3, -0.25) is 4.79 Å². The Hall–Kier alpha value is -1.81. The first-order chi connectivity index (χ1) is 9.68. The van der Waals surface area contributed by atoms with Crippen molar-refractivity contribution in [1.29, 1.82) is 0 Å². The first-order valence-electron chi connectivity index (χ1n) is 7.12. The smallest absolute Gasteiger partial charge is 0.268 e. The molecule has 1 N–H and O–H groups in total. The Morgan fingerprint density at radius 1 is 1.45 bits per heavy atom. The van der Waals surface area contributed by atoms with Crippen LogP contribution in [0.25, 0.3) is 10.9 Å². The van der Waals surface area contributed by atoms with Gasteiger partial charge in [-0.25, -0.2) is 0 Å². The molecule has 3 rings (SSSR count). The molecule has 0 saturated carbocycles. The zero-order chi connectivity index (χ0) is 14.1. The van der Waals surface area contributed by atoms with Gasteiger partial charge in [-0.1, -0.05) is 18.2 Å². The number of aryl methyl sites for hydroxylation is 2. The molecule has 0 spiro atoms. The van der Waals surface area contributed by atoms with Gasteiger partial charge < -0.3 is 14.6 Å². The summed E-state index contributed by atoms with van der Waals surface area (Å²) in [5.74, 6) is -0.0169. The van der Waals surface area contributed by atoms with Crippen LogP contribution >= 0.6 is 0 Å². The zero-order valence-electron chi connectivity index (χ0n) is 12.0. The lowest BCUT2D eigenvalue weighted by atomic mass is 10.1. The van der Waals surface area contributed by atoms with Crippen molar-refractivity contribution in [2.75, 3.05) is 13.2 Å². The molecule has 20 heavy (non-hydrogen) atoms. The summed E-state index contributed by atoms with van der Waals surface area (Å²) in [5.41, 5.74) is 2.87. The van der Waals surface area contributed by atoms with Crippen molar-refractivity contribution < 1.29 is 9.53 Å². The molecule has 0 aliphatic carbocycles. The minimum Gasteiger partial charge on any atom is -0.376 e. The molecule has 2 heterocycles. The highest BCUT2D eigenvalue weighted by molar-refractivity contribution is 6.01. The van der Waals surface area contributed by atoms with E-state index in [1.54, 1.807) is 0 Å². The standard InChI is InChI=1S/C16H20N2O2/c1-11-13-7-3-4-8-14(13)18(2)15(11)16(19)17-10-12-6-5-9-20-12/h3-4,7-8,12H,5-6,9-10H2,1-2H3,(H,17,19). The molecular formula is C16H20N2O2. The second-order valence-electron chi connectivity index (χ2n) is 5.39. The molecule has 4 nitrogen and oxygen atoms in total. The molecule has 1 aromatic carbocycles. The summed E-state index contributed by atoms with van der Waals surface area (Å²) >= 11 is 0. The van der Waals surface area contributed by atoms with Crippen molar-refractivity contribution in [3.63, 3.8) is 0 Å². The quantitative estimate of drug-likeness (QED) is 0.932. The Labute approximate surface area is 118 Å². The predicted molar refractivity (Wildman–Crippen MR) is 79.0 cm³/mol. The number of amides is 1. The van der Waals surface area contributed by atoms with Gasteiger partial charge >= 0.3 is 0 Å². The number of hydrogen-bond acceptors (Lipinski definition) is 2. The molecule has 0 bridgehead atoms. The number of carbonyl (C=O) groups is 1. The fourth-order valence-corrected chi connectivity index (χ4v) is 3.00. The molecule has 106 valence electrons. The molecule has 1 aliphatic rings. The van der Waals surface area contributed by atoms with Crippen molar-refractivity contribution in [2.45, 2.75) is 25.9 Å². The number of carbonyl (C=O) groups excluding carboxylic acids is 1. The Kier molecular flexibility index (Phi) is 3.49. The van der Waals surface area contributed by atoms with Crippen LogP contribution in [0.5, 0.6) is 0 Å². The molecule has 1 aromatic heterocycles. The summed E-state index contributed by atoms with van der Waals surface area (Å²) in [6.07, 6.45) is 2.30. The number of rotatable bonds is 3. The summed E-state index contributed by atoms with van der Waals surface area (Å²) in [7, 11) is 1.94. The van der Waals surface area contributed by atoms with E-state index in [9.17, 15) is 4.79 Å². The fourth-order valence-electron chi connectivity index (χ4n) is 3.00. The lowest BCUT2D eigenvalue weighted by Gasteiger charge is -2.12. The lowest BCUT2D eigenvalue weighted by Crippen LogP contribution is -2.33. The molecule has 1 aliphatic heterocycles. The number of benzene rings is 1. The van der Waals surface area contributed by atoms with E-state index in [0.717, 1.165) is 41.6 Å². The monoisotopic (exact) mass is 272 g/mol. The Morgan fingerprint density at radius 2 is 2.25 bits per heavy atom. The molecular weight excluding hydrogens is 252 g/mol. The van der Waals surface area contributed by atoms with Crippen LogP contribution in [-0.4, -0.2) is 29.7 Å². The van der Waals surface area contributed by atoms with Gasteiger partial charge in [-0.05, 0) is 31.4 Å². The first kappa shape index (κ1) is 13.2. The third-order valence-electron chi connectivity index (χ3n) is 4.09. The first-order valence-corrected chi connectivity index (χ1v) is 7.12. The van der Waals surface area contributed by atoms with Gasteiger partial charge in [0.15, 0.2) is 0 Å². The van der Waals surface area contributed by atoms with E-state index < -0.39 is 0 Å². The van der Waals surface area contributed by atoms with Crippen LogP contribution in [0, 0.1) is 6.92 Å². The number of aromatic nitrogens is 1. The highest BCUT2D eigenvalue weighted by Gasteiger charge is 2.20. The van der Waals surface area contributed by atoms with Crippen LogP contribution in [0.3, 0.4) is 0 Å². The molecule has 1 unspecified atom stereocenters. The van der Waals surface area contributed by atoms with Crippen molar-refractivity contribution in [3.05, 3.63) is 35.5 Å². The van der Waals surface area contributed by atoms with E-state index in [1.807, 2.05) is 36.7 Å². The molecule has 1 amide bonds. The van der Waals surface area contributed by atoms with E-state index in [0.29, 0.717) is 6.54 Å². The average molecular weight is 272 g/mol. The normalized spacial score (nSPS) is 18.6. The Morgan fingerprint density at radius 3 is 2.95 bits per heavy atom. The van der Waals surface area contributed by atoms with Crippen LogP contribution < -0.4 is 5.32 Å². The van der Waals surface area contributed by atoms with Crippen LogP contribution in [0.1, 0.15) is 28.9 Å². The summed E-state index contributed by atoms with van der Waals surface area (Å²) in [6.45, 7) is 3.41. The van der Waals surface area contributed by atoms with Gasteiger partial charge in [-0.15, -0.1) is 0 Å². The van der Waals surface area contributed by atoms with Crippen LogP contribution in [0.4, 0.5) is 0 Å². The number of ether oxygens (including phenoxy) is 1. The van der Waals surface area contributed by atoms with Gasteiger partial charge in [0, 0.05) is 31.1 Å². The Bertz CT molecular complexity index is 600. The van der Waals surface area contributed by atoms with Gasteiger partial charge in [0.05, 0.1) is 6.10 Å².